The van der Waals surface area contributed by atoms with Crippen LogP contribution in [-0.2, 0) is 20.8 Å². The summed E-state index contributed by atoms with van der Waals surface area (Å²) in [6, 6.07) is 2.06. The number of nitrogens with zero attached hydrogens (tertiary/aromatic N) is 2. The van der Waals surface area contributed by atoms with Crippen LogP contribution < -0.4 is 5.32 Å². The third kappa shape index (κ3) is 5.95. The van der Waals surface area contributed by atoms with E-state index in [4.69, 9.17) is 9.47 Å². The van der Waals surface area contributed by atoms with Crippen molar-refractivity contribution in [2.24, 2.45) is 0 Å². The van der Waals surface area contributed by atoms with Crippen LogP contribution in [0.25, 0.3) is 0 Å². The summed E-state index contributed by atoms with van der Waals surface area (Å²) in [6.07, 6.45) is 3.89. The SMILES string of the molecule is Cc1cc(C)n(CCCNC(=O)C(C)OCC2CCCCO2)n1. The maximum Gasteiger partial charge on any atom is 0.248 e. The van der Waals surface area contributed by atoms with Crippen LogP contribution in [0.15, 0.2) is 6.07 Å². The van der Waals surface area contributed by atoms with E-state index in [0.717, 1.165) is 43.8 Å². The highest BCUT2D eigenvalue weighted by molar-refractivity contribution is 5.80. The van der Waals surface area contributed by atoms with Gasteiger partial charge >= 0.3 is 0 Å². The predicted molar refractivity (Wildman–Crippen MR) is 88.3 cm³/mol. The smallest absolute Gasteiger partial charge is 0.248 e. The number of carbonyl (C=O) groups excluding carboxylic acids is 1. The standard InChI is InChI=1S/C17H29N3O3/c1-13-11-14(2)20(19-13)9-6-8-18-17(21)15(3)23-12-16-7-4-5-10-22-16/h11,15-16H,4-10,12H2,1-3H3,(H,18,21). The first kappa shape index (κ1) is 17.9. The van der Waals surface area contributed by atoms with Gasteiger partial charge in [0, 0.05) is 25.4 Å². The molecule has 1 saturated heterocycles. The quantitative estimate of drug-likeness (QED) is 0.743. The first-order chi connectivity index (χ1) is 11.1. The Morgan fingerprint density at radius 2 is 2.35 bits per heavy atom. The van der Waals surface area contributed by atoms with E-state index in [2.05, 4.69) is 16.5 Å². The minimum absolute atomic E-state index is 0.0609. The van der Waals surface area contributed by atoms with E-state index < -0.39 is 6.10 Å². The molecule has 2 atom stereocenters. The van der Waals surface area contributed by atoms with Gasteiger partial charge in [-0.25, -0.2) is 0 Å². The Hall–Kier alpha value is -1.40. The van der Waals surface area contributed by atoms with E-state index in [1.54, 1.807) is 6.92 Å². The summed E-state index contributed by atoms with van der Waals surface area (Å²) in [5.41, 5.74) is 2.18. The molecule has 0 aliphatic carbocycles. The molecule has 0 spiro atoms. The molecule has 1 aliphatic rings. The van der Waals surface area contributed by atoms with E-state index in [1.807, 2.05) is 18.5 Å². The third-order valence-corrected chi connectivity index (χ3v) is 4.12. The normalized spacial score (nSPS) is 19.5. The number of rotatable bonds is 8. The van der Waals surface area contributed by atoms with Crippen LogP contribution in [0.2, 0.25) is 0 Å². The van der Waals surface area contributed by atoms with Gasteiger partial charge in [-0.15, -0.1) is 0 Å². The molecule has 0 saturated carbocycles. The molecule has 23 heavy (non-hydrogen) atoms. The Balaban J connectivity index is 1.59. The minimum atomic E-state index is -0.436. The van der Waals surface area contributed by atoms with E-state index in [0.29, 0.717) is 13.2 Å². The van der Waals surface area contributed by atoms with Gasteiger partial charge < -0.3 is 14.8 Å². The predicted octanol–water partition coefficient (Wildman–Crippen LogP) is 1.98. The van der Waals surface area contributed by atoms with Crippen molar-refractivity contribution in [3.63, 3.8) is 0 Å². The lowest BCUT2D eigenvalue weighted by atomic mass is 10.1. The molecule has 130 valence electrons. The second kappa shape index (κ2) is 9.03. The molecule has 1 aliphatic heterocycles. The summed E-state index contributed by atoms with van der Waals surface area (Å²) in [6.45, 7) is 8.57. The zero-order valence-electron chi connectivity index (χ0n) is 14.5. The fraction of sp³-hybridized carbons (Fsp3) is 0.765. The van der Waals surface area contributed by atoms with Gasteiger partial charge in [0.1, 0.15) is 6.10 Å². The number of nitrogens with one attached hydrogen (secondary N) is 1. The Labute approximate surface area is 138 Å². The molecule has 1 amide bonds. The molecule has 0 radical (unpaired) electrons. The Bertz CT molecular complexity index is 495. The van der Waals surface area contributed by atoms with Gasteiger partial charge in [-0.2, -0.15) is 5.10 Å². The number of aromatic nitrogens is 2. The Morgan fingerprint density at radius 3 is 3.00 bits per heavy atom. The molecule has 2 unspecified atom stereocenters. The largest absolute Gasteiger partial charge is 0.376 e. The number of carbonyl (C=O) groups is 1. The van der Waals surface area contributed by atoms with Crippen molar-refractivity contribution >= 4 is 5.91 Å². The van der Waals surface area contributed by atoms with Gasteiger partial charge in [0.2, 0.25) is 5.91 Å². The van der Waals surface area contributed by atoms with E-state index in [1.165, 1.54) is 6.42 Å². The molecule has 6 nitrogen and oxygen atoms in total. The van der Waals surface area contributed by atoms with Crippen molar-refractivity contribution in [2.75, 3.05) is 19.8 Å². The lowest BCUT2D eigenvalue weighted by Crippen LogP contribution is -2.37. The number of ether oxygens (including phenoxy) is 2. The van der Waals surface area contributed by atoms with E-state index in [-0.39, 0.29) is 12.0 Å². The molecule has 2 rings (SSSR count). The molecule has 1 aromatic heterocycles. The number of hydrogen-bond acceptors (Lipinski definition) is 4. The van der Waals surface area contributed by atoms with Crippen LogP contribution in [0.5, 0.6) is 0 Å². The van der Waals surface area contributed by atoms with Crippen molar-refractivity contribution in [3.05, 3.63) is 17.5 Å². The second-order valence-corrected chi connectivity index (χ2v) is 6.26. The maximum atomic E-state index is 12.0. The van der Waals surface area contributed by atoms with Crippen LogP contribution >= 0.6 is 0 Å². The molecule has 0 bridgehead atoms. The highest BCUT2D eigenvalue weighted by Gasteiger charge is 2.18. The molecule has 6 heteroatoms. The average Bonchev–Trinajstić information content (AvgIpc) is 2.87. The van der Waals surface area contributed by atoms with Crippen LogP contribution in [-0.4, -0.2) is 47.7 Å². The van der Waals surface area contributed by atoms with Gasteiger partial charge in [-0.3, -0.25) is 9.48 Å². The van der Waals surface area contributed by atoms with Crippen LogP contribution in [0.4, 0.5) is 0 Å². The number of amides is 1. The topological polar surface area (TPSA) is 65.4 Å². The number of aryl methyl sites for hydroxylation is 3. The highest BCUT2D eigenvalue weighted by atomic mass is 16.5. The van der Waals surface area contributed by atoms with Crippen molar-refractivity contribution in [1.82, 2.24) is 15.1 Å². The summed E-state index contributed by atoms with van der Waals surface area (Å²) in [4.78, 5) is 12.0. The van der Waals surface area contributed by atoms with Crippen molar-refractivity contribution in [2.45, 2.75) is 65.2 Å². The maximum absolute atomic E-state index is 12.0. The third-order valence-electron chi connectivity index (χ3n) is 4.12. The van der Waals surface area contributed by atoms with Crippen LogP contribution in [0, 0.1) is 13.8 Å². The zero-order valence-corrected chi connectivity index (χ0v) is 14.5. The first-order valence-corrected chi connectivity index (χ1v) is 8.58. The molecule has 1 aromatic rings. The average molecular weight is 323 g/mol. The molecule has 1 fully saturated rings. The zero-order chi connectivity index (χ0) is 16.7. The molecular formula is C17H29N3O3. The van der Waals surface area contributed by atoms with Crippen molar-refractivity contribution in [1.29, 1.82) is 0 Å². The van der Waals surface area contributed by atoms with E-state index in [9.17, 15) is 4.79 Å². The molecule has 1 N–H and O–H groups in total. The van der Waals surface area contributed by atoms with Gasteiger partial charge in [0.25, 0.3) is 0 Å². The fourth-order valence-electron chi connectivity index (χ4n) is 2.75. The van der Waals surface area contributed by atoms with Gasteiger partial charge in [-0.1, -0.05) is 0 Å². The summed E-state index contributed by atoms with van der Waals surface area (Å²) < 4.78 is 13.2. The molecular weight excluding hydrogens is 294 g/mol. The Kier molecular flexibility index (Phi) is 7.05. The number of hydrogen-bond donors (Lipinski definition) is 1. The Morgan fingerprint density at radius 1 is 1.52 bits per heavy atom. The second-order valence-electron chi connectivity index (χ2n) is 6.26. The van der Waals surface area contributed by atoms with Gasteiger partial charge in [-0.05, 0) is 52.5 Å². The van der Waals surface area contributed by atoms with Crippen molar-refractivity contribution in [3.8, 4) is 0 Å². The van der Waals surface area contributed by atoms with E-state index >= 15 is 0 Å². The summed E-state index contributed by atoms with van der Waals surface area (Å²) in [5.74, 6) is -0.0609. The van der Waals surface area contributed by atoms with Crippen LogP contribution in [0.1, 0.15) is 44.0 Å². The molecule has 2 heterocycles. The van der Waals surface area contributed by atoms with Gasteiger partial charge in [0.15, 0.2) is 0 Å². The first-order valence-electron chi connectivity index (χ1n) is 8.58. The summed E-state index contributed by atoms with van der Waals surface area (Å²) in [5, 5.41) is 7.33. The van der Waals surface area contributed by atoms with Crippen molar-refractivity contribution < 1.29 is 14.3 Å². The molecule has 0 aromatic carbocycles. The van der Waals surface area contributed by atoms with Gasteiger partial charge in [0.05, 0.1) is 18.4 Å². The van der Waals surface area contributed by atoms with Crippen LogP contribution in [0.3, 0.4) is 0 Å². The summed E-state index contributed by atoms with van der Waals surface area (Å²) >= 11 is 0. The fourth-order valence-corrected chi connectivity index (χ4v) is 2.75. The minimum Gasteiger partial charge on any atom is -0.376 e. The summed E-state index contributed by atoms with van der Waals surface area (Å²) in [7, 11) is 0. The lowest BCUT2D eigenvalue weighted by molar-refractivity contribution is -0.135. The highest BCUT2D eigenvalue weighted by Crippen LogP contribution is 2.13. The lowest BCUT2D eigenvalue weighted by Gasteiger charge is -2.23. The monoisotopic (exact) mass is 323 g/mol.